The van der Waals surface area contributed by atoms with E-state index in [2.05, 4.69) is 44.8 Å². The Kier molecular flexibility index (Phi) is 6.13. The third kappa shape index (κ3) is 5.40. The van der Waals surface area contributed by atoms with Gasteiger partial charge in [0.2, 0.25) is 5.16 Å². The molecule has 1 aromatic heterocycles. The average Bonchev–Trinajstić information content (AvgIpc) is 2.64. The summed E-state index contributed by atoms with van der Waals surface area (Å²) >= 11 is 1.58. The summed E-state index contributed by atoms with van der Waals surface area (Å²) < 4.78 is 7.14. The zero-order chi connectivity index (χ0) is 14.5. The van der Waals surface area contributed by atoms with Crippen molar-refractivity contribution in [2.45, 2.75) is 51.6 Å². The second kappa shape index (κ2) is 7.14. The third-order valence-corrected chi connectivity index (χ3v) is 3.54. The smallest absolute Gasteiger partial charge is 0.209 e. The Morgan fingerprint density at radius 3 is 2.47 bits per heavy atom. The van der Waals surface area contributed by atoms with Crippen LogP contribution in [0.3, 0.4) is 0 Å². The molecule has 1 rings (SSSR count). The fourth-order valence-electron chi connectivity index (χ4n) is 1.50. The molecule has 0 unspecified atom stereocenters. The molecule has 110 valence electrons. The van der Waals surface area contributed by atoms with Gasteiger partial charge in [-0.2, -0.15) is 0 Å². The lowest BCUT2D eigenvalue weighted by Gasteiger charge is -2.16. The van der Waals surface area contributed by atoms with Gasteiger partial charge in [0, 0.05) is 17.8 Å². The quantitative estimate of drug-likeness (QED) is 0.474. The van der Waals surface area contributed by atoms with E-state index in [1.54, 1.807) is 16.4 Å². The molecule has 0 amide bonds. The zero-order valence-corrected chi connectivity index (χ0v) is 13.5. The molecule has 5 nitrogen and oxygen atoms in total. The van der Waals surface area contributed by atoms with Crippen LogP contribution >= 0.6 is 11.8 Å². The van der Waals surface area contributed by atoms with Crippen LogP contribution < -0.4 is 5.84 Å². The minimum atomic E-state index is -0.0890. The molecule has 19 heavy (non-hydrogen) atoms. The first-order valence-electron chi connectivity index (χ1n) is 6.74. The van der Waals surface area contributed by atoms with Crippen LogP contribution in [0.15, 0.2) is 5.16 Å². The summed E-state index contributed by atoms with van der Waals surface area (Å²) in [6.07, 6.45) is 1.10. The first-order chi connectivity index (χ1) is 8.82. The van der Waals surface area contributed by atoms with E-state index in [-0.39, 0.29) is 5.41 Å². The van der Waals surface area contributed by atoms with Gasteiger partial charge in [-0.25, -0.2) is 4.68 Å². The lowest BCUT2D eigenvalue weighted by atomic mass is 9.96. The van der Waals surface area contributed by atoms with Crippen molar-refractivity contribution in [3.05, 3.63) is 5.82 Å². The highest BCUT2D eigenvalue weighted by Gasteiger charge is 2.22. The summed E-state index contributed by atoms with van der Waals surface area (Å²) in [5, 5.41) is 9.02. The predicted molar refractivity (Wildman–Crippen MR) is 79.9 cm³/mol. The van der Waals surface area contributed by atoms with E-state index in [9.17, 15) is 0 Å². The van der Waals surface area contributed by atoms with E-state index in [1.165, 1.54) is 0 Å². The molecule has 0 spiro atoms. The molecular formula is C13H26N4OS. The summed E-state index contributed by atoms with van der Waals surface area (Å²) in [6.45, 7) is 12.2. The van der Waals surface area contributed by atoms with Gasteiger partial charge in [0.1, 0.15) is 0 Å². The second-order valence-corrected chi connectivity index (χ2v) is 7.13. The van der Waals surface area contributed by atoms with Crippen LogP contribution in [0.2, 0.25) is 0 Å². The van der Waals surface area contributed by atoms with Gasteiger partial charge in [-0.3, -0.25) is 0 Å². The summed E-state index contributed by atoms with van der Waals surface area (Å²) in [4.78, 5) is 0. The molecule has 1 aromatic rings. The SMILES string of the molecule is CC(C)CCOCCSc1nnc(C(C)(C)C)n1N. The van der Waals surface area contributed by atoms with E-state index >= 15 is 0 Å². The number of nitrogens with zero attached hydrogens (tertiary/aromatic N) is 3. The van der Waals surface area contributed by atoms with Crippen LogP contribution in [-0.4, -0.2) is 33.8 Å². The molecule has 2 N–H and O–H groups in total. The number of ether oxygens (including phenoxy) is 1. The van der Waals surface area contributed by atoms with Crippen molar-refractivity contribution in [2.24, 2.45) is 5.92 Å². The normalized spacial score (nSPS) is 12.3. The standard InChI is InChI=1S/C13H26N4OS/c1-10(2)6-7-18-8-9-19-12-16-15-11(17(12)14)13(3,4)5/h10H,6-9,14H2,1-5H3. The molecule has 0 saturated heterocycles. The van der Waals surface area contributed by atoms with Crippen molar-refractivity contribution in [3.63, 3.8) is 0 Å². The fraction of sp³-hybridized carbons (Fsp3) is 0.846. The molecular weight excluding hydrogens is 260 g/mol. The van der Waals surface area contributed by atoms with Crippen LogP contribution in [0.5, 0.6) is 0 Å². The Morgan fingerprint density at radius 2 is 1.95 bits per heavy atom. The maximum absolute atomic E-state index is 6.00. The zero-order valence-electron chi connectivity index (χ0n) is 12.6. The van der Waals surface area contributed by atoms with E-state index < -0.39 is 0 Å². The van der Waals surface area contributed by atoms with Gasteiger partial charge in [0.05, 0.1) is 6.61 Å². The molecule has 0 aromatic carbocycles. The Balaban J connectivity index is 2.33. The van der Waals surface area contributed by atoms with Crippen LogP contribution in [0, 0.1) is 5.92 Å². The van der Waals surface area contributed by atoms with Gasteiger partial charge < -0.3 is 10.6 Å². The molecule has 0 atom stereocenters. The maximum atomic E-state index is 6.00. The highest BCUT2D eigenvalue weighted by molar-refractivity contribution is 7.99. The number of nitrogens with two attached hydrogens (primary N) is 1. The second-order valence-electron chi connectivity index (χ2n) is 6.07. The minimum Gasteiger partial charge on any atom is -0.381 e. The predicted octanol–water partition coefficient (Wildman–Crippen LogP) is 2.44. The molecule has 1 heterocycles. The van der Waals surface area contributed by atoms with Crippen LogP contribution in [-0.2, 0) is 10.2 Å². The van der Waals surface area contributed by atoms with Crippen molar-refractivity contribution >= 4 is 11.8 Å². The number of aromatic nitrogens is 3. The Labute approximate surface area is 120 Å². The van der Waals surface area contributed by atoms with E-state index in [0.717, 1.165) is 36.4 Å². The largest absolute Gasteiger partial charge is 0.381 e. The summed E-state index contributed by atoms with van der Waals surface area (Å²) in [6, 6.07) is 0. The molecule has 0 bridgehead atoms. The van der Waals surface area contributed by atoms with Gasteiger partial charge in [-0.15, -0.1) is 10.2 Å². The van der Waals surface area contributed by atoms with E-state index in [4.69, 9.17) is 10.6 Å². The monoisotopic (exact) mass is 286 g/mol. The van der Waals surface area contributed by atoms with Gasteiger partial charge in [-0.05, 0) is 12.3 Å². The summed E-state index contributed by atoms with van der Waals surface area (Å²) in [5.74, 6) is 8.34. The Bertz CT molecular complexity index is 384. The lowest BCUT2D eigenvalue weighted by Crippen LogP contribution is -2.24. The van der Waals surface area contributed by atoms with Crippen molar-refractivity contribution in [3.8, 4) is 0 Å². The Morgan fingerprint density at radius 1 is 1.26 bits per heavy atom. The molecule has 0 radical (unpaired) electrons. The molecule has 0 aliphatic heterocycles. The average molecular weight is 286 g/mol. The number of nitrogen functional groups attached to an aromatic ring is 1. The molecule has 6 heteroatoms. The van der Waals surface area contributed by atoms with Gasteiger partial charge in [0.25, 0.3) is 0 Å². The maximum Gasteiger partial charge on any atom is 0.209 e. The highest BCUT2D eigenvalue weighted by atomic mass is 32.2. The van der Waals surface area contributed by atoms with Crippen molar-refractivity contribution in [1.29, 1.82) is 0 Å². The molecule has 0 aliphatic carbocycles. The molecule has 0 fully saturated rings. The lowest BCUT2D eigenvalue weighted by molar-refractivity contribution is 0.138. The van der Waals surface area contributed by atoms with Crippen LogP contribution in [0.1, 0.15) is 46.9 Å². The highest BCUT2D eigenvalue weighted by Crippen LogP contribution is 2.22. The van der Waals surface area contributed by atoms with Crippen LogP contribution in [0.4, 0.5) is 0 Å². The molecule has 0 saturated carbocycles. The first-order valence-corrected chi connectivity index (χ1v) is 7.72. The van der Waals surface area contributed by atoms with E-state index in [0.29, 0.717) is 5.92 Å². The fourth-order valence-corrected chi connectivity index (χ4v) is 2.21. The minimum absolute atomic E-state index is 0.0890. The van der Waals surface area contributed by atoms with Gasteiger partial charge in [-0.1, -0.05) is 46.4 Å². The Hall–Kier alpha value is -0.750. The number of hydrogen-bond donors (Lipinski definition) is 1. The number of hydrogen-bond acceptors (Lipinski definition) is 5. The van der Waals surface area contributed by atoms with E-state index in [1.807, 2.05) is 0 Å². The molecule has 0 aliphatic rings. The van der Waals surface area contributed by atoms with Crippen molar-refractivity contribution in [1.82, 2.24) is 14.9 Å². The van der Waals surface area contributed by atoms with Crippen molar-refractivity contribution < 1.29 is 4.74 Å². The number of rotatable bonds is 7. The summed E-state index contributed by atoms with van der Waals surface area (Å²) in [5.41, 5.74) is -0.0890. The van der Waals surface area contributed by atoms with Crippen LogP contribution in [0.25, 0.3) is 0 Å². The van der Waals surface area contributed by atoms with Crippen molar-refractivity contribution in [2.75, 3.05) is 24.8 Å². The summed E-state index contributed by atoms with van der Waals surface area (Å²) in [7, 11) is 0. The van der Waals surface area contributed by atoms with Gasteiger partial charge in [0.15, 0.2) is 5.82 Å². The topological polar surface area (TPSA) is 66.0 Å². The third-order valence-electron chi connectivity index (χ3n) is 2.63. The first kappa shape index (κ1) is 16.3. The number of thioether (sulfide) groups is 1. The van der Waals surface area contributed by atoms with Gasteiger partial charge >= 0.3 is 0 Å².